The van der Waals surface area contributed by atoms with Crippen molar-refractivity contribution < 1.29 is 4.79 Å². The van der Waals surface area contributed by atoms with E-state index in [0.29, 0.717) is 6.42 Å². The van der Waals surface area contributed by atoms with Crippen LogP contribution in [0.5, 0.6) is 0 Å². The Kier molecular flexibility index (Phi) is 12.0. The van der Waals surface area contributed by atoms with Crippen molar-refractivity contribution in [2.24, 2.45) is 5.73 Å². The molecule has 0 atom stereocenters. The molecule has 0 aliphatic rings. The van der Waals surface area contributed by atoms with Gasteiger partial charge < -0.3 is 11.1 Å². The van der Waals surface area contributed by atoms with Crippen LogP contribution >= 0.6 is 46.3 Å². The van der Waals surface area contributed by atoms with Crippen molar-refractivity contribution in [1.29, 1.82) is 0 Å². The highest BCUT2D eigenvalue weighted by molar-refractivity contribution is 14.1. The Morgan fingerprint density at radius 1 is 1.26 bits per heavy atom. The lowest BCUT2D eigenvalue weighted by Crippen LogP contribution is -2.25. The minimum Gasteiger partial charge on any atom is -0.356 e. The van der Waals surface area contributed by atoms with E-state index in [0.717, 1.165) is 45.2 Å². The number of carbonyl (C=O) groups is 1. The summed E-state index contributed by atoms with van der Waals surface area (Å²) < 4.78 is 1.30. The van der Waals surface area contributed by atoms with Gasteiger partial charge in [-0.3, -0.25) is 4.79 Å². The summed E-state index contributed by atoms with van der Waals surface area (Å²) in [6, 6.07) is 4.24. The summed E-state index contributed by atoms with van der Waals surface area (Å²) >= 11 is 4.11. The Bertz CT molecular complexity index is 360. The zero-order valence-electron chi connectivity index (χ0n) is 11.0. The molecule has 0 fully saturated rings. The van der Waals surface area contributed by atoms with E-state index in [-0.39, 0.29) is 18.3 Å². The van der Waals surface area contributed by atoms with Crippen LogP contribution in [-0.2, 0) is 11.2 Å². The quantitative estimate of drug-likeness (QED) is 0.479. The van der Waals surface area contributed by atoms with Gasteiger partial charge in [-0.15, -0.1) is 23.7 Å². The third-order valence-corrected chi connectivity index (χ3v) is 4.63. The van der Waals surface area contributed by atoms with Gasteiger partial charge in [0.1, 0.15) is 0 Å². The van der Waals surface area contributed by atoms with E-state index in [1.54, 1.807) is 11.3 Å². The van der Waals surface area contributed by atoms with Gasteiger partial charge in [0, 0.05) is 17.8 Å². The van der Waals surface area contributed by atoms with Crippen LogP contribution < -0.4 is 11.1 Å². The first-order valence-electron chi connectivity index (χ1n) is 6.43. The molecule has 0 radical (unpaired) electrons. The number of carbonyl (C=O) groups excluding carboxylic acids is 1. The molecule has 0 spiro atoms. The standard InChI is InChI=1S/C13H21IN2OS.ClH/c14-12-7-6-11(18-12)8-10-16-13(17)5-3-1-2-4-9-15;/h6-7H,1-5,8-10,15H2,(H,16,17);1H. The SMILES string of the molecule is Cl.NCCCCCCC(=O)NCCc1ccc(I)s1. The van der Waals surface area contributed by atoms with Crippen LogP contribution in [0.25, 0.3) is 0 Å². The van der Waals surface area contributed by atoms with Crippen LogP contribution in [-0.4, -0.2) is 19.0 Å². The Labute approximate surface area is 139 Å². The van der Waals surface area contributed by atoms with Crippen LogP contribution in [0.1, 0.15) is 37.0 Å². The molecule has 1 amide bonds. The van der Waals surface area contributed by atoms with Gasteiger partial charge in [-0.05, 0) is 60.5 Å². The summed E-state index contributed by atoms with van der Waals surface area (Å²) in [5.74, 6) is 0.175. The van der Waals surface area contributed by atoms with Gasteiger partial charge in [-0.2, -0.15) is 0 Å². The second kappa shape index (κ2) is 11.9. The van der Waals surface area contributed by atoms with E-state index >= 15 is 0 Å². The van der Waals surface area contributed by atoms with Crippen molar-refractivity contribution in [3.63, 3.8) is 0 Å². The summed E-state index contributed by atoms with van der Waals surface area (Å²) in [5.41, 5.74) is 5.41. The second-order valence-corrected chi connectivity index (χ2v) is 7.32. The summed E-state index contributed by atoms with van der Waals surface area (Å²) in [6.45, 7) is 1.50. The number of hydrogen-bond acceptors (Lipinski definition) is 3. The molecule has 0 saturated carbocycles. The lowest BCUT2D eigenvalue weighted by Gasteiger charge is -2.04. The van der Waals surface area contributed by atoms with Crippen molar-refractivity contribution in [2.75, 3.05) is 13.1 Å². The second-order valence-electron chi connectivity index (χ2n) is 4.26. The molecular weight excluding hydrogens is 395 g/mol. The normalized spacial score (nSPS) is 10.0. The average molecular weight is 417 g/mol. The molecule has 1 aromatic rings. The molecule has 3 nitrogen and oxygen atoms in total. The smallest absolute Gasteiger partial charge is 0.220 e. The highest BCUT2D eigenvalue weighted by atomic mass is 127. The minimum absolute atomic E-state index is 0. The van der Waals surface area contributed by atoms with E-state index in [1.807, 2.05) is 0 Å². The van der Waals surface area contributed by atoms with Crippen LogP contribution in [0.2, 0.25) is 0 Å². The average Bonchev–Trinajstić information content (AvgIpc) is 2.75. The molecule has 19 heavy (non-hydrogen) atoms. The van der Waals surface area contributed by atoms with Gasteiger partial charge in [0.15, 0.2) is 0 Å². The van der Waals surface area contributed by atoms with Crippen molar-refractivity contribution in [3.8, 4) is 0 Å². The number of hydrogen-bond donors (Lipinski definition) is 2. The third kappa shape index (κ3) is 9.65. The fourth-order valence-corrected chi connectivity index (χ4v) is 3.44. The van der Waals surface area contributed by atoms with Crippen LogP contribution in [0, 0.1) is 2.88 Å². The zero-order chi connectivity index (χ0) is 13.2. The number of rotatable bonds is 9. The van der Waals surface area contributed by atoms with Gasteiger partial charge in [0.2, 0.25) is 5.91 Å². The maximum absolute atomic E-state index is 11.5. The minimum atomic E-state index is 0. The monoisotopic (exact) mass is 416 g/mol. The van der Waals surface area contributed by atoms with Gasteiger partial charge >= 0.3 is 0 Å². The predicted octanol–water partition coefficient (Wildman–Crippen LogP) is 3.34. The summed E-state index contributed by atoms with van der Waals surface area (Å²) in [4.78, 5) is 12.9. The number of nitrogens with two attached hydrogens (primary N) is 1. The number of unbranched alkanes of at least 4 members (excludes halogenated alkanes) is 3. The highest BCUT2D eigenvalue weighted by Gasteiger charge is 2.02. The maximum Gasteiger partial charge on any atom is 0.220 e. The van der Waals surface area contributed by atoms with Gasteiger partial charge in [-0.25, -0.2) is 0 Å². The van der Waals surface area contributed by atoms with Crippen LogP contribution in [0.3, 0.4) is 0 Å². The lowest BCUT2D eigenvalue weighted by atomic mass is 10.1. The third-order valence-electron chi connectivity index (χ3n) is 2.68. The van der Waals surface area contributed by atoms with E-state index in [9.17, 15) is 4.79 Å². The van der Waals surface area contributed by atoms with Gasteiger partial charge in [0.05, 0.1) is 2.88 Å². The largest absolute Gasteiger partial charge is 0.356 e. The highest BCUT2D eigenvalue weighted by Crippen LogP contribution is 2.18. The number of thiophene rings is 1. The first-order valence-corrected chi connectivity index (χ1v) is 8.33. The molecule has 0 aliphatic heterocycles. The number of nitrogens with one attached hydrogen (secondary N) is 1. The fourth-order valence-electron chi connectivity index (χ4n) is 1.68. The molecule has 6 heteroatoms. The molecule has 1 aromatic heterocycles. The molecule has 0 unspecified atom stereocenters. The Hall–Kier alpha value is 0.150. The van der Waals surface area contributed by atoms with Gasteiger partial charge in [0.25, 0.3) is 0 Å². The van der Waals surface area contributed by atoms with Crippen molar-refractivity contribution >= 4 is 52.2 Å². The number of amides is 1. The van der Waals surface area contributed by atoms with E-state index in [4.69, 9.17) is 5.73 Å². The first kappa shape index (κ1) is 19.1. The van der Waals surface area contributed by atoms with Crippen molar-refractivity contribution in [2.45, 2.75) is 38.5 Å². The summed E-state index contributed by atoms with van der Waals surface area (Å²) in [6.07, 6.45) is 5.87. The molecule has 1 heterocycles. The first-order chi connectivity index (χ1) is 8.72. The van der Waals surface area contributed by atoms with Crippen molar-refractivity contribution in [3.05, 3.63) is 19.9 Å². The van der Waals surface area contributed by atoms with Crippen LogP contribution in [0.4, 0.5) is 0 Å². The Balaban J connectivity index is 0.00000324. The Morgan fingerprint density at radius 3 is 2.63 bits per heavy atom. The molecule has 0 aliphatic carbocycles. The van der Waals surface area contributed by atoms with E-state index in [1.165, 1.54) is 7.76 Å². The van der Waals surface area contributed by atoms with E-state index < -0.39 is 0 Å². The van der Waals surface area contributed by atoms with Gasteiger partial charge in [-0.1, -0.05) is 12.8 Å². The number of halogens is 2. The molecule has 0 bridgehead atoms. The predicted molar refractivity (Wildman–Crippen MR) is 93.1 cm³/mol. The molecule has 0 aromatic carbocycles. The maximum atomic E-state index is 11.5. The molecule has 1 rings (SSSR count). The molecule has 110 valence electrons. The topological polar surface area (TPSA) is 55.1 Å². The molecule has 3 N–H and O–H groups in total. The molecular formula is C13H22ClIN2OS. The Morgan fingerprint density at radius 2 is 2.00 bits per heavy atom. The van der Waals surface area contributed by atoms with Crippen molar-refractivity contribution in [1.82, 2.24) is 5.32 Å². The molecule has 0 saturated heterocycles. The fraction of sp³-hybridized carbons (Fsp3) is 0.615. The summed E-state index contributed by atoms with van der Waals surface area (Å²) in [5, 5.41) is 2.97. The van der Waals surface area contributed by atoms with Crippen LogP contribution in [0.15, 0.2) is 12.1 Å². The summed E-state index contributed by atoms with van der Waals surface area (Å²) in [7, 11) is 0. The lowest BCUT2D eigenvalue weighted by molar-refractivity contribution is -0.121. The van der Waals surface area contributed by atoms with E-state index in [2.05, 4.69) is 40.0 Å². The zero-order valence-corrected chi connectivity index (χ0v) is 14.8.